The molecule has 1 saturated heterocycles. The number of hydrogen-bond acceptors (Lipinski definition) is 7. The molecule has 0 spiro atoms. The molecule has 1 aromatic carbocycles. The summed E-state index contributed by atoms with van der Waals surface area (Å²) in [6.07, 6.45) is 6.94. The predicted molar refractivity (Wildman–Crippen MR) is 155 cm³/mol. The summed E-state index contributed by atoms with van der Waals surface area (Å²) in [5.41, 5.74) is 10.0. The summed E-state index contributed by atoms with van der Waals surface area (Å²) in [6, 6.07) is 6.27. The molecule has 202 valence electrons. The lowest BCUT2D eigenvalue weighted by Crippen LogP contribution is -2.48. The molecule has 6 rings (SSSR count). The van der Waals surface area contributed by atoms with Gasteiger partial charge in [-0.3, -0.25) is 5.10 Å². The summed E-state index contributed by atoms with van der Waals surface area (Å²) in [5, 5.41) is 14.5. The number of halogens is 4. The zero-order valence-corrected chi connectivity index (χ0v) is 23.2. The molecule has 3 aliphatic rings. The molecule has 8 nitrogen and oxygen atoms in total. The van der Waals surface area contributed by atoms with Gasteiger partial charge in [0.1, 0.15) is 5.82 Å². The van der Waals surface area contributed by atoms with Crippen molar-refractivity contribution in [2.24, 2.45) is 5.73 Å². The first kappa shape index (κ1) is 29.4. The normalized spacial score (nSPS) is 18.8. The quantitative estimate of drug-likeness (QED) is 0.339. The van der Waals surface area contributed by atoms with Crippen molar-refractivity contribution >= 4 is 71.3 Å². The number of anilines is 3. The van der Waals surface area contributed by atoms with Crippen LogP contribution in [0.1, 0.15) is 56.2 Å². The largest absolute Gasteiger partial charge is 0.341 e. The lowest BCUT2D eigenvalue weighted by Gasteiger charge is -2.36. The Hall–Kier alpha value is -2.17. The number of nitrogens with one attached hydrogen (secondary N) is 3. The average Bonchev–Trinajstić information content (AvgIpc) is 3.63. The fourth-order valence-electron chi connectivity index (χ4n) is 4.83. The summed E-state index contributed by atoms with van der Waals surface area (Å²) >= 11 is 0. The van der Waals surface area contributed by atoms with E-state index < -0.39 is 0 Å². The van der Waals surface area contributed by atoms with E-state index in [2.05, 4.69) is 50.9 Å². The molecule has 2 aromatic heterocycles. The Balaban J connectivity index is 0.00000127. The first-order valence-corrected chi connectivity index (χ1v) is 12.2. The van der Waals surface area contributed by atoms with Gasteiger partial charge in [-0.25, -0.2) is 9.37 Å². The van der Waals surface area contributed by atoms with Gasteiger partial charge in [0.25, 0.3) is 0 Å². The highest BCUT2D eigenvalue weighted by Gasteiger charge is 2.31. The summed E-state index contributed by atoms with van der Waals surface area (Å²) in [5.74, 6) is 1.33. The third kappa shape index (κ3) is 6.12. The molecule has 2 fully saturated rings. The molecule has 12 heteroatoms. The molecular weight excluding hydrogens is 538 g/mol. The number of benzene rings is 1. The van der Waals surface area contributed by atoms with Gasteiger partial charge in [-0.1, -0.05) is 12.1 Å². The van der Waals surface area contributed by atoms with Crippen LogP contribution in [0.2, 0.25) is 0 Å². The van der Waals surface area contributed by atoms with E-state index >= 15 is 4.39 Å². The second-order valence-electron chi connectivity index (χ2n) is 10.1. The Labute approximate surface area is 234 Å². The SMILES string of the molecule is CC1(N)CCN(c2nc(Nc3n[nH]c(C4CC4)c3F)c3cc(C4=CCNCC4)ccc3n2)CC1.Cl.Cl.Cl. The second-order valence-corrected chi connectivity index (χ2v) is 10.1. The highest BCUT2D eigenvalue weighted by molar-refractivity contribution is 5.94. The van der Waals surface area contributed by atoms with E-state index in [1.165, 1.54) is 5.57 Å². The van der Waals surface area contributed by atoms with Crippen LogP contribution >= 0.6 is 37.2 Å². The van der Waals surface area contributed by atoms with Gasteiger partial charge < -0.3 is 21.3 Å². The molecule has 2 aliphatic heterocycles. The average molecular weight is 572 g/mol. The summed E-state index contributed by atoms with van der Waals surface area (Å²) in [4.78, 5) is 11.9. The molecule has 37 heavy (non-hydrogen) atoms. The van der Waals surface area contributed by atoms with Crippen LogP contribution in [-0.4, -0.2) is 51.9 Å². The van der Waals surface area contributed by atoms with Gasteiger partial charge in [-0.05, 0) is 68.8 Å². The highest BCUT2D eigenvalue weighted by Crippen LogP contribution is 2.42. The first-order chi connectivity index (χ1) is 16.5. The van der Waals surface area contributed by atoms with E-state index in [1.54, 1.807) is 0 Å². The number of aromatic nitrogens is 4. The Morgan fingerprint density at radius 1 is 1.11 bits per heavy atom. The van der Waals surface area contributed by atoms with Crippen molar-refractivity contribution in [2.45, 2.75) is 50.5 Å². The molecular formula is C25H34Cl3FN8. The van der Waals surface area contributed by atoms with E-state index in [0.717, 1.165) is 74.7 Å². The van der Waals surface area contributed by atoms with Crippen molar-refractivity contribution in [3.63, 3.8) is 0 Å². The van der Waals surface area contributed by atoms with E-state index in [1.807, 2.05) is 6.07 Å². The summed E-state index contributed by atoms with van der Waals surface area (Å²) in [7, 11) is 0. The fourth-order valence-corrected chi connectivity index (χ4v) is 4.83. The van der Waals surface area contributed by atoms with Crippen LogP contribution in [-0.2, 0) is 0 Å². The van der Waals surface area contributed by atoms with E-state index in [-0.39, 0.29) is 60.3 Å². The molecule has 0 amide bonds. The van der Waals surface area contributed by atoms with Crippen molar-refractivity contribution in [2.75, 3.05) is 36.4 Å². The number of nitrogens with zero attached hydrogens (tertiary/aromatic N) is 4. The number of fused-ring (bicyclic) bond motifs is 1. The van der Waals surface area contributed by atoms with Gasteiger partial charge in [0, 0.05) is 36.5 Å². The van der Waals surface area contributed by atoms with Gasteiger partial charge in [0.15, 0.2) is 11.6 Å². The highest BCUT2D eigenvalue weighted by atomic mass is 35.5. The van der Waals surface area contributed by atoms with Gasteiger partial charge >= 0.3 is 0 Å². The van der Waals surface area contributed by atoms with Crippen molar-refractivity contribution in [1.82, 2.24) is 25.5 Å². The third-order valence-corrected chi connectivity index (χ3v) is 7.26. The topological polar surface area (TPSA) is 108 Å². The van der Waals surface area contributed by atoms with Gasteiger partial charge in [-0.2, -0.15) is 10.1 Å². The number of rotatable bonds is 5. The van der Waals surface area contributed by atoms with Crippen LogP contribution in [0.5, 0.6) is 0 Å². The number of hydrogen-bond donors (Lipinski definition) is 4. The summed E-state index contributed by atoms with van der Waals surface area (Å²) < 4.78 is 15.1. The van der Waals surface area contributed by atoms with Crippen LogP contribution in [0.15, 0.2) is 24.3 Å². The van der Waals surface area contributed by atoms with Crippen LogP contribution in [0, 0.1) is 5.82 Å². The smallest absolute Gasteiger partial charge is 0.227 e. The Bertz CT molecular complexity index is 1260. The monoisotopic (exact) mass is 570 g/mol. The van der Waals surface area contributed by atoms with Crippen LogP contribution in [0.3, 0.4) is 0 Å². The zero-order valence-electron chi connectivity index (χ0n) is 20.7. The maximum Gasteiger partial charge on any atom is 0.227 e. The van der Waals surface area contributed by atoms with E-state index in [0.29, 0.717) is 17.5 Å². The minimum absolute atomic E-state index is 0. The summed E-state index contributed by atoms with van der Waals surface area (Å²) in [6.45, 7) is 5.50. The van der Waals surface area contributed by atoms with Crippen molar-refractivity contribution < 1.29 is 4.39 Å². The lowest BCUT2D eigenvalue weighted by atomic mass is 9.91. The number of H-pyrrole nitrogens is 1. The standard InChI is InChI=1S/C25H31FN8.3ClH/c1-25(27)8-12-34(13-9-25)24-29-19-5-4-17(15-6-10-28-11-7-15)14-18(19)22(31-24)30-23-20(26)21(32-33-23)16-2-3-16;;;/h4-6,14,16,28H,2-3,7-13,27H2,1H3,(H2,29,30,31,32,33);3*1H. The van der Waals surface area contributed by atoms with Gasteiger partial charge in [-0.15, -0.1) is 37.2 Å². The third-order valence-electron chi connectivity index (χ3n) is 7.26. The second kappa shape index (κ2) is 11.7. The first-order valence-electron chi connectivity index (χ1n) is 12.2. The maximum absolute atomic E-state index is 15.1. The maximum atomic E-state index is 15.1. The van der Waals surface area contributed by atoms with Gasteiger partial charge in [0.2, 0.25) is 5.95 Å². The molecule has 5 N–H and O–H groups in total. The van der Waals surface area contributed by atoms with E-state index in [9.17, 15) is 0 Å². The molecule has 1 aliphatic carbocycles. The van der Waals surface area contributed by atoms with Crippen LogP contribution in [0.25, 0.3) is 16.5 Å². The fraction of sp³-hybridized carbons (Fsp3) is 0.480. The molecule has 0 unspecified atom stereocenters. The minimum atomic E-state index is -0.315. The van der Waals surface area contributed by atoms with Gasteiger partial charge in [0.05, 0.1) is 11.2 Å². The Morgan fingerprint density at radius 3 is 2.54 bits per heavy atom. The van der Waals surface area contributed by atoms with Crippen LogP contribution < -0.4 is 21.3 Å². The molecule has 0 radical (unpaired) electrons. The lowest BCUT2D eigenvalue weighted by molar-refractivity contribution is 0.362. The molecule has 3 aromatic rings. The molecule has 1 saturated carbocycles. The molecule has 4 heterocycles. The van der Waals surface area contributed by atoms with E-state index in [4.69, 9.17) is 15.7 Å². The number of nitrogens with two attached hydrogens (primary N) is 1. The minimum Gasteiger partial charge on any atom is -0.341 e. The van der Waals surface area contributed by atoms with Crippen molar-refractivity contribution in [3.05, 3.63) is 41.3 Å². The molecule has 0 bridgehead atoms. The molecule has 0 atom stereocenters. The number of aromatic amines is 1. The van der Waals surface area contributed by atoms with Crippen molar-refractivity contribution in [1.29, 1.82) is 0 Å². The predicted octanol–water partition coefficient (Wildman–Crippen LogP) is 5.07. The van der Waals surface area contributed by atoms with Crippen molar-refractivity contribution in [3.8, 4) is 0 Å². The Kier molecular flexibility index (Phi) is 9.29. The number of piperidine rings is 1. The zero-order chi connectivity index (χ0) is 23.3. The Morgan fingerprint density at radius 2 is 1.86 bits per heavy atom. The van der Waals surface area contributed by atoms with Crippen LogP contribution in [0.4, 0.5) is 22.0 Å².